The monoisotopic (exact) mass is 321 g/mol. The fraction of sp³-hybridized carbons (Fsp3) is 0.615. The average molecular weight is 322 g/mol. The van der Waals surface area contributed by atoms with E-state index in [9.17, 15) is 9.90 Å². The molecule has 3 nitrogen and oxygen atoms in total. The van der Waals surface area contributed by atoms with E-state index in [-0.39, 0.29) is 6.04 Å². The van der Waals surface area contributed by atoms with Crippen molar-refractivity contribution in [3.63, 3.8) is 0 Å². The SMILES string of the molecule is CC(c1cc(Cl)sc1Cl)N1CCCC(C)(C(=O)O)C1. The lowest BCUT2D eigenvalue weighted by Crippen LogP contribution is -2.46. The molecule has 6 heteroatoms. The van der Waals surface area contributed by atoms with Gasteiger partial charge in [0.15, 0.2) is 0 Å². The van der Waals surface area contributed by atoms with Gasteiger partial charge in [-0.2, -0.15) is 0 Å². The second-order valence-corrected chi connectivity index (χ2v) is 7.68. The molecule has 1 fully saturated rings. The first-order valence-electron chi connectivity index (χ1n) is 6.26. The lowest BCUT2D eigenvalue weighted by atomic mass is 9.81. The maximum atomic E-state index is 11.4. The van der Waals surface area contributed by atoms with Crippen molar-refractivity contribution >= 4 is 40.5 Å². The summed E-state index contributed by atoms with van der Waals surface area (Å²) in [5.74, 6) is -0.723. The van der Waals surface area contributed by atoms with Gasteiger partial charge in [0.1, 0.15) is 0 Å². The third-order valence-corrected chi connectivity index (χ3v) is 5.44. The van der Waals surface area contributed by atoms with Gasteiger partial charge >= 0.3 is 5.97 Å². The van der Waals surface area contributed by atoms with Crippen molar-refractivity contribution in [1.82, 2.24) is 4.90 Å². The molecule has 1 N–H and O–H groups in total. The molecule has 1 aromatic rings. The quantitative estimate of drug-likeness (QED) is 0.902. The first-order valence-corrected chi connectivity index (χ1v) is 7.83. The molecule has 1 aliphatic heterocycles. The zero-order valence-electron chi connectivity index (χ0n) is 10.9. The molecule has 2 heterocycles. The lowest BCUT2D eigenvalue weighted by Gasteiger charge is -2.40. The molecule has 0 aromatic carbocycles. The second-order valence-electron chi connectivity index (χ2n) is 5.40. The highest BCUT2D eigenvalue weighted by Crippen LogP contribution is 2.40. The van der Waals surface area contributed by atoms with Crippen molar-refractivity contribution in [2.75, 3.05) is 13.1 Å². The molecule has 1 aromatic heterocycles. The number of thiophene rings is 1. The molecular formula is C13H17Cl2NO2S. The highest BCUT2D eigenvalue weighted by Gasteiger charge is 2.39. The molecule has 2 rings (SSSR count). The van der Waals surface area contributed by atoms with Crippen LogP contribution in [0.15, 0.2) is 6.07 Å². The second kappa shape index (κ2) is 5.60. The predicted octanol–water partition coefficient (Wildman–Crippen LogP) is 4.30. The smallest absolute Gasteiger partial charge is 0.310 e. The summed E-state index contributed by atoms with van der Waals surface area (Å²) >= 11 is 13.5. The Balaban J connectivity index is 2.18. The predicted molar refractivity (Wildman–Crippen MR) is 79.3 cm³/mol. The van der Waals surface area contributed by atoms with E-state index in [1.165, 1.54) is 11.3 Å². The van der Waals surface area contributed by atoms with Crippen LogP contribution < -0.4 is 0 Å². The fourth-order valence-electron chi connectivity index (χ4n) is 2.62. The number of nitrogens with zero attached hydrogens (tertiary/aromatic N) is 1. The molecule has 0 amide bonds. The van der Waals surface area contributed by atoms with Crippen molar-refractivity contribution in [2.24, 2.45) is 5.41 Å². The summed E-state index contributed by atoms with van der Waals surface area (Å²) in [5.41, 5.74) is 0.324. The molecule has 19 heavy (non-hydrogen) atoms. The van der Waals surface area contributed by atoms with Gasteiger partial charge in [-0.25, -0.2) is 0 Å². The largest absolute Gasteiger partial charge is 0.481 e. The van der Waals surface area contributed by atoms with Gasteiger partial charge in [0.05, 0.1) is 14.1 Å². The highest BCUT2D eigenvalue weighted by atomic mass is 35.5. The van der Waals surface area contributed by atoms with Crippen LogP contribution in [0, 0.1) is 5.41 Å². The van der Waals surface area contributed by atoms with Crippen molar-refractivity contribution in [2.45, 2.75) is 32.7 Å². The molecule has 0 aliphatic carbocycles. The van der Waals surface area contributed by atoms with E-state index in [1.807, 2.05) is 13.0 Å². The van der Waals surface area contributed by atoms with E-state index in [0.29, 0.717) is 15.2 Å². The minimum Gasteiger partial charge on any atom is -0.481 e. The number of hydrogen-bond acceptors (Lipinski definition) is 3. The molecule has 0 radical (unpaired) electrons. The molecule has 1 saturated heterocycles. The maximum absolute atomic E-state index is 11.4. The highest BCUT2D eigenvalue weighted by molar-refractivity contribution is 7.20. The van der Waals surface area contributed by atoms with Crippen LogP contribution in [-0.4, -0.2) is 29.1 Å². The summed E-state index contributed by atoms with van der Waals surface area (Å²) in [7, 11) is 0. The van der Waals surface area contributed by atoms with Crippen LogP contribution >= 0.6 is 34.5 Å². The number of carbonyl (C=O) groups is 1. The normalized spacial score (nSPS) is 26.3. The number of carboxylic acids is 1. The van der Waals surface area contributed by atoms with Gasteiger partial charge in [-0.1, -0.05) is 23.2 Å². The van der Waals surface area contributed by atoms with Crippen LogP contribution in [0.3, 0.4) is 0 Å². The van der Waals surface area contributed by atoms with Gasteiger partial charge in [-0.15, -0.1) is 11.3 Å². The van der Waals surface area contributed by atoms with Crippen LogP contribution in [0.25, 0.3) is 0 Å². The zero-order chi connectivity index (χ0) is 14.2. The summed E-state index contributed by atoms with van der Waals surface area (Å²) in [6, 6.07) is 1.97. The third-order valence-electron chi connectivity index (χ3n) is 3.92. The summed E-state index contributed by atoms with van der Waals surface area (Å²) in [6.07, 6.45) is 1.62. The molecular weight excluding hydrogens is 305 g/mol. The molecule has 0 saturated carbocycles. The number of rotatable bonds is 3. The topological polar surface area (TPSA) is 40.5 Å². The van der Waals surface area contributed by atoms with Crippen LogP contribution in [-0.2, 0) is 4.79 Å². The minimum atomic E-state index is -0.723. The fourth-order valence-corrected chi connectivity index (χ4v) is 4.25. The van der Waals surface area contributed by atoms with Crippen molar-refractivity contribution < 1.29 is 9.90 Å². The van der Waals surface area contributed by atoms with Gasteiger partial charge in [-0.3, -0.25) is 9.69 Å². The summed E-state index contributed by atoms with van der Waals surface area (Å²) < 4.78 is 1.37. The van der Waals surface area contributed by atoms with Crippen molar-refractivity contribution in [3.8, 4) is 0 Å². The minimum absolute atomic E-state index is 0.0928. The molecule has 1 aliphatic rings. The van der Waals surface area contributed by atoms with Crippen molar-refractivity contribution in [3.05, 3.63) is 20.3 Å². The zero-order valence-corrected chi connectivity index (χ0v) is 13.3. The van der Waals surface area contributed by atoms with Gasteiger partial charge in [0.25, 0.3) is 0 Å². The molecule has 106 valence electrons. The Morgan fingerprint density at radius 3 is 2.79 bits per heavy atom. The van der Waals surface area contributed by atoms with Crippen molar-refractivity contribution in [1.29, 1.82) is 0 Å². The van der Waals surface area contributed by atoms with E-state index in [0.717, 1.165) is 24.9 Å². The number of likely N-dealkylation sites (tertiary alicyclic amines) is 1. The standard InChI is InChI=1S/C13H17Cl2NO2S/c1-8(9-6-10(14)19-11(9)15)16-5-3-4-13(2,7-16)12(17)18/h6,8H,3-5,7H2,1-2H3,(H,17,18). The number of carboxylic acid groups (broad SMARTS) is 1. The van der Waals surface area contributed by atoms with Gasteiger partial charge in [-0.05, 0) is 39.3 Å². The molecule has 0 bridgehead atoms. The van der Waals surface area contributed by atoms with E-state index < -0.39 is 11.4 Å². The van der Waals surface area contributed by atoms with Crippen LogP contribution in [0.1, 0.15) is 38.3 Å². The number of hydrogen-bond donors (Lipinski definition) is 1. The van der Waals surface area contributed by atoms with Gasteiger partial charge in [0.2, 0.25) is 0 Å². The number of halogens is 2. The van der Waals surface area contributed by atoms with Gasteiger partial charge < -0.3 is 5.11 Å². The maximum Gasteiger partial charge on any atom is 0.310 e. The first-order chi connectivity index (χ1) is 8.83. The van der Waals surface area contributed by atoms with Crippen LogP contribution in [0.5, 0.6) is 0 Å². The Morgan fingerprint density at radius 1 is 1.58 bits per heavy atom. The summed E-state index contributed by atoms with van der Waals surface area (Å²) in [5, 5.41) is 9.35. The Bertz CT molecular complexity index is 491. The van der Waals surface area contributed by atoms with Gasteiger partial charge in [0, 0.05) is 18.2 Å². The van der Waals surface area contributed by atoms with E-state index >= 15 is 0 Å². The Hall–Kier alpha value is -0.290. The van der Waals surface area contributed by atoms with Crippen LogP contribution in [0.4, 0.5) is 0 Å². The average Bonchev–Trinajstić information content (AvgIpc) is 2.67. The molecule has 2 atom stereocenters. The lowest BCUT2D eigenvalue weighted by molar-refractivity contribution is -0.151. The molecule has 0 spiro atoms. The first kappa shape index (κ1) is 15.1. The van der Waals surface area contributed by atoms with Crippen LogP contribution in [0.2, 0.25) is 8.67 Å². The Labute approximate surface area is 127 Å². The third kappa shape index (κ3) is 3.07. The number of aliphatic carboxylic acids is 1. The molecule has 2 unspecified atom stereocenters. The number of piperidine rings is 1. The Morgan fingerprint density at radius 2 is 2.26 bits per heavy atom. The summed E-state index contributed by atoms with van der Waals surface area (Å²) in [6.45, 7) is 5.31. The van der Waals surface area contributed by atoms with E-state index in [2.05, 4.69) is 11.8 Å². The summed E-state index contributed by atoms with van der Waals surface area (Å²) in [4.78, 5) is 13.6. The van der Waals surface area contributed by atoms with E-state index in [1.54, 1.807) is 0 Å². The Kier molecular flexibility index (Phi) is 4.45. The van der Waals surface area contributed by atoms with E-state index in [4.69, 9.17) is 23.2 Å².